The van der Waals surface area contributed by atoms with Gasteiger partial charge in [-0.2, -0.15) is 0 Å². The van der Waals surface area contributed by atoms with Crippen LogP contribution in [0.3, 0.4) is 0 Å². The predicted octanol–water partition coefficient (Wildman–Crippen LogP) is 2.58. The quantitative estimate of drug-likeness (QED) is 0.821. The first kappa shape index (κ1) is 14.5. The number of nitrogens with zero attached hydrogens (tertiary/aromatic N) is 1. The molecule has 2 rings (SSSR count). The monoisotopic (exact) mass is 262 g/mol. The number of nitrogens with two attached hydrogens (primary N) is 1. The zero-order valence-corrected chi connectivity index (χ0v) is 11.9. The van der Waals surface area contributed by atoms with Crippen LogP contribution in [-0.4, -0.2) is 37.7 Å². The molecule has 19 heavy (non-hydrogen) atoms. The van der Waals surface area contributed by atoms with E-state index in [9.17, 15) is 0 Å². The van der Waals surface area contributed by atoms with E-state index < -0.39 is 0 Å². The van der Waals surface area contributed by atoms with Crippen LogP contribution in [0.5, 0.6) is 0 Å². The van der Waals surface area contributed by atoms with Crippen molar-refractivity contribution in [2.45, 2.75) is 37.8 Å². The molecule has 1 heterocycles. The summed E-state index contributed by atoms with van der Waals surface area (Å²) < 4.78 is 5.42. The van der Waals surface area contributed by atoms with E-state index in [4.69, 9.17) is 10.5 Å². The Bertz CT molecular complexity index is 355. The van der Waals surface area contributed by atoms with Gasteiger partial charge in [0.05, 0.1) is 6.61 Å². The van der Waals surface area contributed by atoms with E-state index in [1.165, 1.54) is 24.9 Å². The van der Waals surface area contributed by atoms with Gasteiger partial charge in [0.2, 0.25) is 0 Å². The van der Waals surface area contributed by atoms with Gasteiger partial charge in [0.25, 0.3) is 0 Å². The van der Waals surface area contributed by atoms with Crippen LogP contribution in [0.25, 0.3) is 0 Å². The van der Waals surface area contributed by atoms with Crippen LogP contribution in [-0.2, 0) is 4.74 Å². The van der Waals surface area contributed by atoms with Gasteiger partial charge in [-0.1, -0.05) is 30.3 Å². The number of ether oxygens (including phenoxy) is 1. The zero-order chi connectivity index (χ0) is 13.5. The summed E-state index contributed by atoms with van der Waals surface area (Å²) in [5.74, 6) is 0. The van der Waals surface area contributed by atoms with Crippen LogP contribution < -0.4 is 5.73 Å². The van der Waals surface area contributed by atoms with Crippen molar-refractivity contribution in [1.29, 1.82) is 0 Å². The normalized spacial score (nSPS) is 21.7. The Morgan fingerprint density at radius 2 is 2.16 bits per heavy atom. The molecule has 2 N–H and O–H groups in total. The third-order valence-corrected chi connectivity index (χ3v) is 4.05. The van der Waals surface area contributed by atoms with Crippen molar-refractivity contribution in [2.75, 3.05) is 26.8 Å². The molecule has 1 aliphatic rings. The summed E-state index contributed by atoms with van der Waals surface area (Å²) in [5, 5.41) is 0. The summed E-state index contributed by atoms with van der Waals surface area (Å²) >= 11 is 0. The van der Waals surface area contributed by atoms with Gasteiger partial charge in [-0.3, -0.25) is 4.90 Å². The lowest BCUT2D eigenvalue weighted by Gasteiger charge is -2.33. The zero-order valence-electron chi connectivity index (χ0n) is 11.9. The van der Waals surface area contributed by atoms with E-state index in [-0.39, 0.29) is 0 Å². The standard InChI is InChI=1S/C16H26N2O/c1-19-13-15(9-5-11-17)18-12-6-10-16(18)14-7-3-2-4-8-14/h2-4,7-8,15-16H,5-6,9-13,17H2,1H3. The van der Waals surface area contributed by atoms with E-state index in [0.717, 1.165) is 26.0 Å². The summed E-state index contributed by atoms with van der Waals surface area (Å²) in [4.78, 5) is 2.62. The molecule has 0 amide bonds. The van der Waals surface area contributed by atoms with Crippen molar-refractivity contribution in [2.24, 2.45) is 5.73 Å². The topological polar surface area (TPSA) is 38.5 Å². The fraction of sp³-hybridized carbons (Fsp3) is 0.625. The average Bonchev–Trinajstić information content (AvgIpc) is 2.93. The van der Waals surface area contributed by atoms with Crippen LogP contribution in [0.2, 0.25) is 0 Å². The Hall–Kier alpha value is -0.900. The first-order valence-corrected chi connectivity index (χ1v) is 7.36. The van der Waals surface area contributed by atoms with Crippen molar-refractivity contribution >= 4 is 0 Å². The van der Waals surface area contributed by atoms with Gasteiger partial charge in [0, 0.05) is 19.2 Å². The molecular formula is C16H26N2O. The molecule has 3 nitrogen and oxygen atoms in total. The Morgan fingerprint density at radius 3 is 2.84 bits per heavy atom. The molecule has 0 spiro atoms. The van der Waals surface area contributed by atoms with Gasteiger partial charge in [-0.25, -0.2) is 0 Å². The van der Waals surface area contributed by atoms with Gasteiger partial charge >= 0.3 is 0 Å². The summed E-state index contributed by atoms with van der Waals surface area (Å²) in [6.07, 6.45) is 4.75. The lowest BCUT2D eigenvalue weighted by molar-refractivity contribution is 0.0757. The SMILES string of the molecule is COCC(CCCN)N1CCCC1c1ccccc1. The van der Waals surface area contributed by atoms with Gasteiger partial charge < -0.3 is 10.5 Å². The maximum absolute atomic E-state index is 5.66. The second kappa shape index (κ2) is 7.63. The van der Waals surface area contributed by atoms with E-state index in [1.807, 2.05) is 0 Å². The average molecular weight is 262 g/mol. The summed E-state index contributed by atoms with van der Waals surface area (Å²) in [7, 11) is 1.79. The third-order valence-electron chi connectivity index (χ3n) is 4.05. The third kappa shape index (κ3) is 3.78. The first-order chi connectivity index (χ1) is 9.36. The van der Waals surface area contributed by atoms with Crippen LogP contribution in [0, 0.1) is 0 Å². The molecule has 0 aliphatic carbocycles. The lowest BCUT2D eigenvalue weighted by Crippen LogP contribution is -2.38. The van der Waals surface area contributed by atoms with Crippen molar-refractivity contribution in [1.82, 2.24) is 4.90 Å². The maximum atomic E-state index is 5.66. The van der Waals surface area contributed by atoms with Gasteiger partial charge in [-0.15, -0.1) is 0 Å². The Morgan fingerprint density at radius 1 is 1.37 bits per heavy atom. The second-order valence-corrected chi connectivity index (χ2v) is 5.35. The summed E-state index contributed by atoms with van der Waals surface area (Å²) in [5.41, 5.74) is 7.10. The van der Waals surface area contributed by atoms with Crippen molar-refractivity contribution in [3.05, 3.63) is 35.9 Å². The molecule has 0 saturated carbocycles. The van der Waals surface area contributed by atoms with Gasteiger partial charge in [0.1, 0.15) is 0 Å². The van der Waals surface area contributed by atoms with Crippen LogP contribution >= 0.6 is 0 Å². The minimum absolute atomic E-state index is 0.501. The van der Waals surface area contributed by atoms with E-state index in [2.05, 4.69) is 35.2 Å². The van der Waals surface area contributed by atoms with E-state index in [0.29, 0.717) is 12.1 Å². The van der Waals surface area contributed by atoms with Crippen molar-refractivity contribution in [3.8, 4) is 0 Å². The van der Waals surface area contributed by atoms with Crippen molar-refractivity contribution < 1.29 is 4.74 Å². The van der Waals surface area contributed by atoms with Crippen LogP contribution in [0.1, 0.15) is 37.3 Å². The minimum Gasteiger partial charge on any atom is -0.383 e. The highest BCUT2D eigenvalue weighted by molar-refractivity contribution is 5.20. The van der Waals surface area contributed by atoms with Crippen LogP contribution in [0.4, 0.5) is 0 Å². The number of methoxy groups -OCH3 is 1. The molecule has 1 fully saturated rings. The fourth-order valence-corrected chi connectivity index (χ4v) is 3.15. The number of benzene rings is 1. The molecule has 0 bridgehead atoms. The molecule has 3 heteroatoms. The van der Waals surface area contributed by atoms with Crippen molar-refractivity contribution in [3.63, 3.8) is 0 Å². The number of likely N-dealkylation sites (tertiary alicyclic amines) is 1. The van der Waals surface area contributed by atoms with E-state index >= 15 is 0 Å². The smallest absolute Gasteiger partial charge is 0.0618 e. The molecule has 0 radical (unpaired) electrons. The lowest BCUT2D eigenvalue weighted by atomic mass is 10.0. The number of rotatable bonds is 7. The molecule has 106 valence electrons. The Labute approximate surface area is 116 Å². The molecule has 1 aromatic rings. The number of hydrogen-bond donors (Lipinski definition) is 1. The summed E-state index contributed by atoms with van der Waals surface area (Å²) in [6.45, 7) is 2.76. The number of hydrogen-bond acceptors (Lipinski definition) is 3. The minimum atomic E-state index is 0.501. The molecule has 1 aliphatic heterocycles. The Kier molecular flexibility index (Phi) is 5.83. The van der Waals surface area contributed by atoms with Crippen LogP contribution in [0.15, 0.2) is 30.3 Å². The van der Waals surface area contributed by atoms with Gasteiger partial charge in [0.15, 0.2) is 0 Å². The largest absolute Gasteiger partial charge is 0.383 e. The molecule has 2 unspecified atom stereocenters. The summed E-state index contributed by atoms with van der Waals surface area (Å²) in [6, 6.07) is 11.9. The fourth-order valence-electron chi connectivity index (χ4n) is 3.15. The molecule has 1 saturated heterocycles. The highest BCUT2D eigenvalue weighted by Gasteiger charge is 2.31. The van der Waals surface area contributed by atoms with Gasteiger partial charge in [-0.05, 0) is 44.3 Å². The first-order valence-electron chi connectivity index (χ1n) is 7.36. The predicted molar refractivity (Wildman–Crippen MR) is 79.1 cm³/mol. The second-order valence-electron chi connectivity index (χ2n) is 5.35. The Balaban J connectivity index is 2.07. The van der Waals surface area contributed by atoms with E-state index in [1.54, 1.807) is 7.11 Å². The molecule has 0 aromatic heterocycles. The molecule has 1 aromatic carbocycles. The molecular weight excluding hydrogens is 236 g/mol. The highest BCUT2D eigenvalue weighted by atomic mass is 16.5. The maximum Gasteiger partial charge on any atom is 0.0618 e. The highest BCUT2D eigenvalue weighted by Crippen LogP contribution is 2.34. The molecule has 2 atom stereocenters.